The molecule has 0 aliphatic rings. The highest BCUT2D eigenvalue weighted by Crippen LogP contribution is 2.25. The lowest BCUT2D eigenvalue weighted by Crippen LogP contribution is -2.20. The van der Waals surface area contributed by atoms with Gasteiger partial charge in [-0.05, 0) is 35.4 Å². The number of carbonyl (C=O) groups is 2. The summed E-state index contributed by atoms with van der Waals surface area (Å²) in [7, 11) is 2.97. The van der Waals surface area contributed by atoms with Gasteiger partial charge in [0.1, 0.15) is 17.2 Å². The average molecular weight is 420 g/mol. The zero-order valence-corrected chi connectivity index (χ0v) is 17.5. The van der Waals surface area contributed by atoms with Gasteiger partial charge >= 0.3 is 5.97 Å². The van der Waals surface area contributed by atoms with Gasteiger partial charge in [0.2, 0.25) is 5.78 Å². The second-order valence-corrected chi connectivity index (χ2v) is 6.71. The van der Waals surface area contributed by atoms with Gasteiger partial charge in [-0.15, -0.1) is 0 Å². The van der Waals surface area contributed by atoms with Crippen molar-refractivity contribution in [1.29, 1.82) is 0 Å². The van der Waals surface area contributed by atoms with E-state index in [4.69, 9.17) is 18.9 Å². The second-order valence-electron chi connectivity index (χ2n) is 6.71. The number of hydrogen-bond acceptors (Lipinski definition) is 6. The van der Waals surface area contributed by atoms with Gasteiger partial charge in [0, 0.05) is 6.42 Å². The number of methoxy groups -OCH3 is 2. The van der Waals surface area contributed by atoms with Crippen molar-refractivity contribution >= 4 is 11.8 Å². The predicted octanol–water partition coefficient (Wildman–Crippen LogP) is 4.10. The molecule has 0 N–H and O–H groups in total. The Morgan fingerprint density at radius 3 is 2.26 bits per heavy atom. The van der Waals surface area contributed by atoms with Crippen molar-refractivity contribution < 1.29 is 28.5 Å². The second kappa shape index (κ2) is 10.8. The molecule has 0 bridgehead atoms. The summed E-state index contributed by atoms with van der Waals surface area (Å²) in [6.45, 7) is -0.717. The summed E-state index contributed by atoms with van der Waals surface area (Å²) in [5.74, 6) is 0.462. The van der Waals surface area contributed by atoms with E-state index in [2.05, 4.69) is 0 Å². The van der Waals surface area contributed by atoms with Crippen molar-refractivity contribution in [1.82, 2.24) is 0 Å². The van der Waals surface area contributed by atoms with E-state index >= 15 is 0 Å². The molecule has 0 amide bonds. The SMILES string of the molecule is COc1ccc(OC)c(C(=O)COC(=O)COc2ccccc2Cc2ccccc2)c1. The van der Waals surface area contributed by atoms with Crippen LogP contribution in [0.2, 0.25) is 0 Å². The molecule has 0 atom stereocenters. The van der Waals surface area contributed by atoms with E-state index in [1.165, 1.54) is 14.2 Å². The van der Waals surface area contributed by atoms with Crippen LogP contribution in [0.25, 0.3) is 0 Å². The van der Waals surface area contributed by atoms with E-state index in [1.54, 1.807) is 24.3 Å². The van der Waals surface area contributed by atoms with Gasteiger partial charge in [-0.1, -0.05) is 48.5 Å². The third-order valence-corrected chi connectivity index (χ3v) is 4.63. The van der Waals surface area contributed by atoms with E-state index in [0.29, 0.717) is 23.7 Å². The first-order chi connectivity index (χ1) is 15.1. The summed E-state index contributed by atoms with van der Waals surface area (Å²) in [6.07, 6.45) is 0.681. The van der Waals surface area contributed by atoms with E-state index in [9.17, 15) is 9.59 Å². The van der Waals surface area contributed by atoms with Crippen LogP contribution in [0, 0.1) is 0 Å². The van der Waals surface area contributed by atoms with Crippen molar-refractivity contribution in [3.63, 3.8) is 0 Å². The summed E-state index contributed by atoms with van der Waals surface area (Å²) in [5, 5.41) is 0. The summed E-state index contributed by atoms with van der Waals surface area (Å²) in [5.41, 5.74) is 2.38. The molecule has 0 heterocycles. The van der Waals surface area contributed by atoms with Gasteiger partial charge in [-0.2, -0.15) is 0 Å². The van der Waals surface area contributed by atoms with E-state index in [1.807, 2.05) is 48.5 Å². The minimum atomic E-state index is -0.635. The maximum atomic E-state index is 12.5. The monoisotopic (exact) mass is 420 g/mol. The van der Waals surface area contributed by atoms with Crippen molar-refractivity contribution in [2.24, 2.45) is 0 Å². The van der Waals surface area contributed by atoms with Crippen LogP contribution in [-0.4, -0.2) is 39.2 Å². The van der Waals surface area contributed by atoms with Gasteiger partial charge < -0.3 is 18.9 Å². The Balaban J connectivity index is 1.56. The van der Waals surface area contributed by atoms with Gasteiger partial charge in [-0.25, -0.2) is 4.79 Å². The fraction of sp³-hybridized carbons (Fsp3) is 0.200. The van der Waals surface area contributed by atoms with E-state index < -0.39 is 18.4 Å². The molecule has 3 aromatic carbocycles. The lowest BCUT2D eigenvalue weighted by atomic mass is 10.0. The standard InChI is InChI=1S/C25H24O6/c1-28-20-12-13-24(29-2)21(15-20)22(26)16-31-25(27)17-30-23-11-7-6-10-19(23)14-18-8-4-3-5-9-18/h3-13,15H,14,16-17H2,1-2H3. The van der Waals surface area contributed by atoms with Crippen molar-refractivity contribution in [3.8, 4) is 17.2 Å². The highest BCUT2D eigenvalue weighted by atomic mass is 16.6. The predicted molar refractivity (Wildman–Crippen MR) is 116 cm³/mol. The third-order valence-electron chi connectivity index (χ3n) is 4.63. The van der Waals surface area contributed by atoms with Crippen LogP contribution >= 0.6 is 0 Å². The van der Waals surface area contributed by atoms with Crippen molar-refractivity contribution in [2.45, 2.75) is 6.42 Å². The van der Waals surface area contributed by atoms with Gasteiger partial charge in [0.25, 0.3) is 0 Å². The van der Waals surface area contributed by atoms with Crippen LogP contribution < -0.4 is 14.2 Å². The third kappa shape index (κ3) is 6.09. The molecule has 3 aromatic rings. The summed E-state index contributed by atoms with van der Waals surface area (Å²) in [6, 6.07) is 22.3. The van der Waals surface area contributed by atoms with E-state index in [-0.39, 0.29) is 12.2 Å². The van der Waals surface area contributed by atoms with Gasteiger partial charge in [-0.3, -0.25) is 4.79 Å². The molecule has 3 rings (SSSR count). The molecule has 0 unspecified atom stereocenters. The number of rotatable bonds is 10. The van der Waals surface area contributed by atoms with Crippen LogP contribution in [0.5, 0.6) is 17.2 Å². The lowest BCUT2D eigenvalue weighted by Gasteiger charge is -2.12. The van der Waals surface area contributed by atoms with Gasteiger partial charge in [0.15, 0.2) is 13.2 Å². The molecule has 0 aliphatic heterocycles. The quantitative estimate of drug-likeness (QED) is 0.363. The summed E-state index contributed by atoms with van der Waals surface area (Å²) < 4.78 is 21.1. The first-order valence-electron chi connectivity index (χ1n) is 9.76. The maximum Gasteiger partial charge on any atom is 0.344 e. The summed E-state index contributed by atoms with van der Waals surface area (Å²) >= 11 is 0. The van der Waals surface area contributed by atoms with E-state index in [0.717, 1.165) is 11.1 Å². The zero-order chi connectivity index (χ0) is 22.1. The Hall–Kier alpha value is -3.80. The largest absolute Gasteiger partial charge is 0.497 e. The number of esters is 1. The maximum absolute atomic E-state index is 12.5. The average Bonchev–Trinajstić information content (AvgIpc) is 2.82. The topological polar surface area (TPSA) is 71.1 Å². The van der Waals surface area contributed by atoms with Crippen LogP contribution in [0.4, 0.5) is 0 Å². The van der Waals surface area contributed by atoms with Crippen molar-refractivity contribution in [3.05, 3.63) is 89.5 Å². The summed E-state index contributed by atoms with van der Waals surface area (Å²) in [4.78, 5) is 24.6. The smallest absolute Gasteiger partial charge is 0.344 e. The molecule has 160 valence electrons. The number of ether oxygens (including phenoxy) is 4. The van der Waals surface area contributed by atoms with Crippen LogP contribution in [0.15, 0.2) is 72.8 Å². The Bertz CT molecular complexity index is 1030. The molecule has 0 aliphatic carbocycles. The minimum absolute atomic E-state index is 0.281. The molecule has 0 saturated heterocycles. The minimum Gasteiger partial charge on any atom is -0.497 e. The molecular formula is C25H24O6. The van der Waals surface area contributed by atoms with Crippen LogP contribution in [-0.2, 0) is 16.0 Å². The molecule has 31 heavy (non-hydrogen) atoms. The molecule has 0 radical (unpaired) electrons. The number of ketones is 1. The number of Topliss-reactive ketones (excluding diaryl/α,β-unsaturated/α-hetero) is 1. The number of para-hydroxylation sites is 1. The Morgan fingerprint density at radius 2 is 1.52 bits per heavy atom. The first-order valence-corrected chi connectivity index (χ1v) is 9.76. The fourth-order valence-electron chi connectivity index (χ4n) is 3.04. The number of carbonyl (C=O) groups excluding carboxylic acids is 2. The Kier molecular flexibility index (Phi) is 7.65. The highest BCUT2D eigenvalue weighted by molar-refractivity contribution is 6.00. The molecule has 0 saturated carbocycles. The normalized spacial score (nSPS) is 10.3. The van der Waals surface area contributed by atoms with Crippen LogP contribution in [0.1, 0.15) is 21.5 Å². The molecular weight excluding hydrogens is 396 g/mol. The molecule has 0 spiro atoms. The molecule has 6 nitrogen and oxygen atoms in total. The van der Waals surface area contributed by atoms with Crippen LogP contribution in [0.3, 0.4) is 0 Å². The highest BCUT2D eigenvalue weighted by Gasteiger charge is 2.16. The fourth-order valence-corrected chi connectivity index (χ4v) is 3.04. The van der Waals surface area contributed by atoms with Crippen molar-refractivity contribution in [2.75, 3.05) is 27.4 Å². The lowest BCUT2D eigenvalue weighted by molar-refractivity contribution is -0.144. The first kappa shape index (κ1) is 21.9. The molecule has 0 fully saturated rings. The number of hydrogen-bond donors (Lipinski definition) is 0. The molecule has 0 aromatic heterocycles. The molecule has 6 heteroatoms. The van der Waals surface area contributed by atoms with Gasteiger partial charge in [0.05, 0.1) is 19.8 Å². The Labute approximate surface area is 181 Å². The zero-order valence-electron chi connectivity index (χ0n) is 17.5. The number of benzene rings is 3. The Morgan fingerprint density at radius 1 is 0.774 bits per heavy atom.